The van der Waals surface area contributed by atoms with Gasteiger partial charge in [0, 0.05) is 39.4 Å². The number of aryl methyl sites for hydroxylation is 1. The maximum Gasteiger partial charge on any atom is 0.319 e. The van der Waals surface area contributed by atoms with E-state index in [4.69, 9.17) is 0 Å². The van der Waals surface area contributed by atoms with E-state index in [1.54, 1.807) is 17.1 Å². The maximum atomic E-state index is 11.8. The summed E-state index contributed by atoms with van der Waals surface area (Å²) in [7, 11) is 1.82. The smallest absolute Gasteiger partial charge is 0.319 e. The van der Waals surface area contributed by atoms with Crippen molar-refractivity contribution >= 4 is 11.7 Å². The highest BCUT2D eigenvalue weighted by Crippen LogP contribution is 2.17. The highest BCUT2D eigenvalue weighted by atomic mass is 16.2. The van der Waals surface area contributed by atoms with Gasteiger partial charge < -0.3 is 10.6 Å². The van der Waals surface area contributed by atoms with E-state index in [9.17, 15) is 4.79 Å². The third-order valence-corrected chi connectivity index (χ3v) is 3.89. The highest BCUT2D eigenvalue weighted by Gasteiger charge is 2.15. The Morgan fingerprint density at radius 3 is 2.91 bits per heavy atom. The number of rotatable bonds is 4. The van der Waals surface area contributed by atoms with Gasteiger partial charge in [-0.25, -0.2) is 4.79 Å². The van der Waals surface area contributed by atoms with E-state index in [0.717, 1.165) is 26.1 Å². The van der Waals surface area contributed by atoms with Gasteiger partial charge in [0.05, 0.1) is 11.9 Å². The summed E-state index contributed by atoms with van der Waals surface area (Å²) in [5.74, 6) is 0. The minimum Gasteiger partial charge on any atom is -0.337 e. The molecule has 2 aromatic rings. The van der Waals surface area contributed by atoms with Crippen LogP contribution in [-0.4, -0.2) is 40.3 Å². The van der Waals surface area contributed by atoms with Crippen molar-refractivity contribution < 1.29 is 4.79 Å². The Labute approximate surface area is 130 Å². The van der Waals surface area contributed by atoms with Gasteiger partial charge in [0.2, 0.25) is 0 Å². The first-order valence-corrected chi connectivity index (χ1v) is 7.53. The van der Waals surface area contributed by atoms with E-state index >= 15 is 0 Å². The molecule has 1 aliphatic heterocycles. The third kappa shape index (κ3) is 3.65. The Hall–Kier alpha value is -2.34. The number of anilines is 1. The molecule has 1 aromatic heterocycles. The lowest BCUT2D eigenvalue weighted by Gasteiger charge is -2.28. The van der Waals surface area contributed by atoms with Gasteiger partial charge in [0.15, 0.2) is 0 Å². The number of hydrogen-bond acceptors (Lipinski definition) is 3. The fraction of sp³-hybridized carbons (Fsp3) is 0.375. The molecule has 2 amide bonds. The quantitative estimate of drug-likeness (QED) is 0.901. The summed E-state index contributed by atoms with van der Waals surface area (Å²) < 4.78 is 1.65. The molecular formula is C16H21N5O. The summed E-state index contributed by atoms with van der Waals surface area (Å²) in [6.45, 7) is 3.49. The molecule has 0 saturated carbocycles. The van der Waals surface area contributed by atoms with Crippen LogP contribution in [0.5, 0.6) is 0 Å². The van der Waals surface area contributed by atoms with Crippen LogP contribution in [0.25, 0.3) is 0 Å². The average molecular weight is 299 g/mol. The average Bonchev–Trinajstić information content (AvgIpc) is 2.92. The Kier molecular flexibility index (Phi) is 4.39. The van der Waals surface area contributed by atoms with Gasteiger partial charge in [-0.05, 0) is 17.5 Å². The summed E-state index contributed by atoms with van der Waals surface area (Å²) in [5, 5.41) is 9.66. The number of amides is 2. The Morgan fingerprint density at radius 2 is 2.14 bits per heavy atom. The van der Waals surface area contributed by atoms with Crippen molar-refractivity contribution in [2.45, 2.75) is 13.0 Å². The van der Waals surface area contributed by atoms with Crippen LogP contribution in [0.1, 0.15) is 11.1 Å². The van der Waals surface area contributed by atoms with Crippen molar-refractivity contribution in [3.8, 4) is 0 Å². The zero-order chi connectivity index (χ0) is 15.4. The lowest BCUT2D eigenvalue weighted by atomic mass is 10.00. The molecule has 6 heteroatoms. The molecule has 2 heterocycles. The molecule has 0 atom stereocenters. The third-order valence-electron chi connectivity index (χ3n) is 3.89. The van der Waals surface area contributed by atoms with Crippen LogP contribution in [0.4, 0.5) is 10.5 Å². The fourth-order valence-corrected chi connectivity index (χ4v) is 2.73. The standard InChI is InChI=1S/C16H21N5O/c1-20-12-15(10-18-20)19-16(22)17-7-9-21-8-6-13-4-2-3-5-14(13)11-21/h2-5,10,12H,6-9,11H2,1H3,(H2,17,19,22). The monoisotopic (exact) mass is 299 g/mol. The number of carbonyl (C=O) groups excluding carboxylic acids is 1. The molecule has 0 radical (unpaired) electrons. The van der Waals surface area contributed by atoms with Crippen LogP contribution in [-0.2, 0) is 20.0 Å². The second-order valence-corrected chi connectivity index (χ2v) is 5.58. The van der Waals surface area contributed by atoms with E-state index in [2.05, 4.69) is 44.9 Å². The summed E-state index contributed by atoms with van der Waals surface area (Å²) in [5.41, 5.74) is 3.54. The molecular weight excluding hydrogens is 278 g/mol. The van der Waals surface area contributed by atoms with Crippen LogP contribution in [0.2, 0.25) is 0 Å². The predicted octanol–water partition coefficient (Wildman–Crippen LogP) is 1.60. The van der Waals surface area contributed by atoms with Crippen molar-refractivity contribution in [1.82, 2.24) is 20.0 Å². The van der Waals surface area contributed by atoms with Crippen LogP contribution in [0.15, 0.2) is 36.7 Å². The minimum atomic E-state index is -0.189. The van der Waals surface area contributed by atoms with Gasteiger partial charge in [-0.2, -0.15) is 5.10 Å². The summed E-state index contributed by atoms with van der Waals surface area (Å²) >= 11 is 0. The second-order valence-electron chi connectivity index (χ2n) is 5.58. The van der Waals surface area contributed by atoms with Crippen molar-refractivity contribution in [3.63, 3.8) is 0 Å². The molecule has 1 aromatic carbocycles. The molecule has 0 unspecified atom stereocenters. The summed E-state index contributed by atoms with van der Waals surface area (Å²) in [6, 6.07) is 8.38. The number of fused-ring (bicyclic) bond motifs is 1. The minimum absolute atomic E-state index is 0.189. The molecule has 0 spiro atoms. The number of urea groups is 1. The van der Waals surface area contributed by atoms with Gasteiger partial charge in [0.25, 0.3) is 0 Å². The zero-order valence-corrected chi connectivity index (χ0v) is 12.7. The number of nitrogens with one attached hydrogen (secondary N) is 2. The van der Waals surface area contributed by atoms with Crippen LogP contribution in [0, 0.1) is 0 Å². The largest absolute Gasteiger partial charge is 0.337 e. The van der Waals surface area contributed by atoms with Crippen molar-refractivity contribution in [1.29, 1.82) is 0 Å². The number of carbonyl (C=O) groups is 1. The van der Waals surface area contributed by atoms with Crippen LogP contribution < -0.4 is 10.6 Å². The number of aromatic nitrogens is 2. The normalized spacial score (nSPS) is 14.4. The first-order chi connectivity index (χ1) is 10.7. The summed E-state index contributed by atoms with van der Waals surface area (Å²) in [6.07, 6.45) is 4.47. The molecule has 6 nitrogen and oxygen atoms in total. The van der Waals surface area contributed by atoms with Crippen molar-refractivity contribution in [3.05, 3.63) is 47.8 Å². The molecule has 1 aliphatic rings. The van der Waals surface area contributed by atoms with Crippen molar-refractivity contribution in [2.75, 3.05) is 25.0 Å². The first kappa shape index (κ1) is 14.6. The zero-order valence-electron chi connectivity index (χ0n) is 12.7. The number of hydrogen-bond donors (Lipinski definition) is 2. The predicted molar refractivity (Wildman–Crippen MR) is 85.7 cm³/mol. The van der Waals surface area contributed by atoms with Crippen LogP contribution >= 0.6 is 0 Å². The molecule has 3 rings (SSSR count). The van der Waals surface area contributed by atoms with E-state index in [1.807, 2.05) is 7.05 Å². The maximum absolute atomic E-state index is 11.8. The van der Waals surface area contributed by atoms with Gasteiger partial charge in [-0.3, -0.25) is 9.58 Å². The molecule has 0 bridgehead atoms. The Morgan fingerprint density at radius 1 is 1.32 bits per heavy atom. The van der Waals surface area contributed by atoms with Crippen molar-refractivity contribution in [2.24, 2.45) is 7.05 Å². The highest BCUT2D eigenvalue weighted by molar-refractivity contribution is 5.88. The molecule has 0 fully saturated rings. The van der Waals surface area contributed by atoms with Crippen LogP contribution in [0.3, 0.4) is 0 Å². The SMILES string of the molecule is Cn1cc(NC(=O)NCCN2CCc3ccccc3C2)cn1. The molecule has 116 valence electrons. The van der Waals surface area contributed by atoms with E-state index in [1.165, 1.54) is 11.1 Å². The van der Waals surface area contributed by atoms with Gasteiger partial charge in [-0.1, -0.05) is 24.3 Å². The molecule has 0 aliphatic carbocycles. The Bertz CT molecular complexity index is 651. The Balaban J connectivity index is 1.41. The molecule has 0 saturated heterocycles. The van der Waals surface area contributed by atoms with E-state index < -0.39 is 0 Å². The van der Waals surface area contributed by atoms with Gasteiger partial charge >= 0.3 is 6.03 Å². The fourth-order valence-electron chi connectivity index (χ4n) is 2.73. The summed E-state index contributed by atoms with van der Waals surface area (Å²) in [4.78, 5) is 14.2. The second kappa shape index (κ2) is 6.62. The lowest BCUT2D eigenvalue weighted by molar-refractivity contribution is 0.239. The van der Waals surface area contributed by atoms with E-state index in [0.29, 0.717) is 12.2 Å². The van der Waals surface area contributed by atoms with E-state index in [-0.39, 0.29) is 6.03 Å². The topological polar surface area (TPSA) is 62.2 Å². The number of nitrogens with zero attached hydrogens (tertiary/aromatic N) is 3. The first-order valence-electron chi connectivity index (χ1n) is 7.53. The van der Waals surface area contributed by atoms with Gasteiger partial charge in [-0.15, -0.1) is 0 Å². The lowest BCUT2D eigenvalue weighted by Crippen LogP contribution is -2.39. The van der Waals surface area contributed by atoms with Gasteiger partial charge in [0.1, 0.15) is 0 Å². The molecule has 2 N–H and O–H groups in total. The molecule has 22 heavy (non-hydrogen) atoms. The number of benzene rings is 1.